The van der Waals surface area contributed by atoms with Crippen molar-refractivity contribution < 1.29 is 13.2 Å². The zero-order chi connectivity index (χ0) is 25.9. The van der Waals surface area contributed by atoms with Crippen LogP contribution < -0.4 is 20.9 Å². The molecule has 0 aliphatic heterocycles. The van der Waals surface area contributed by atoms with Crippen LogP contribution in [0.15, 0.2) is 82.5 Å². The molecule has 0 aliphatic rings. The number of aromatic nitrogens is 2. The van der Waals surface area contributed by atoms with E-state index in [1.807, 2.05) is 0 Å². The van der Waals surface area contributed by atoms with Crippen LogP contribution in [-0.4, -0.2) is 24.3 Å². The Morgan fingerprint density at radius 1 is 0.889 bits per heavy atom. The van der Waals surface area contributed by atoms with E-state index in [4.69, 9.17) is 11.6 Å². The predicted molar refractivity (Wildman–Crippen MR) is 141 cm³/mol. The minimum atomic E-state index is -3.85. The number of amides is 1. The maximum atomic E-state index is 12.8. The van der Waals surface area contributed by atoms with Crippen molar-refractivity contribution in [3.63, 3.8) is 0 Å². The van der Waals surface area contributed by atoms with Gasteiger partial charge in [-0.15, -0.1) is 0 Å². The average molecular weight is 524 g/mol. The van der Waals surface area contributed by atoms with Gasteiger partial charge in [0.15, 0.2) is 0 Å². The highest BCUT2D eigenvalue weighted by atomic mass is 35.5. The van der Waals surface area contributed by atoms with E-state index in [0.29, 0.717) is 38.9 Å². The standard InChI is InChI=1S/C25H22ClN5O4S/c1-15-23(29-25(30-24(15)33)28-20-9-5-18(26)6-10-20)17-3-7-21(8-4-17)31-36(34,35)22-13-11-19(12-14-22)27-16(2)32/h3-14,31H,1-2H3,(H,27,32)(H2,28,29,30,33). The molecule has 9 nitrogen and oxygen atoms in total. The summed E-state index contributed by atoms with van der Waals surface area (Å²) in [6.45, 7) is 3.03. The van der Waals surface area contributed by atoms with Gasteiger partial charge in [-0.05, 0) is 67.6 Å². The van der Waals surface area contributed by atoms with Crippen molar-refractivity contribution in [1.29, 1.82) is 0 Å². The van der Waals surface area contributed by atoms with Gasteiger partial charge in [0.1, 0.15) is 0 Å². The lowest BCUT2D eigenvalue weighted by atomic mass is 10.1. The molecular formula is C25H22ClN5O4S. The first-order valence-corrected chi connectivity index (χ1v) is 12.6. The van der Waals surface area contributed by atoms with Gasteiger partial charge < -0.3 is 10.6 Å². The SMILES string of the molecule is CC(=O)Nc1ccc(S(=O)(=O)Nc2ccc(-c3nc(Nc4ccc(Cl)cc4)[nH]c(=O)c3C)cc2)cc1. The zero-order valence-electron chi connectivity index (χ0n) is 19.3. The number of sulfonamides is 1. The molecule has 1 amide bonds. The summed E-state index contributed by atoms with van der Waals surface area (Å²) in [5.74, 6) is 0.0113. The number of H-pyrrole nitrogens is 1. The molecule has 0 unspecified atom stereocenters. The lowest BCUT2D eigenvalue weighted by molar-refractivity contribution is -0.114. The summed E-state index contributed by atoms with van der Waals surface area (Å²) in [6.07, 6.45) is 0. The largest absolute Gasteiger partial charge is 0.326 e. The Morgan fingerprint density at radius 3 is 2.08 bits per heavy atom. The van der Waals surface area contributed by atoms with E-state index in [1.54, 1.807) is 55.5 Å². The van der Waals surface area contributed by atoms with E-state index >= 15 is 0 Å². The van der Waals surface area contributed by atoms with Crippen molar-refractivity contribution in [2.45, 2.75) is 18.7 Å². The first-order chi connectivity index (χ1) is 17.1. The second-order valence-corrected chi connectivity index (χ2v) is 10.0. The molecule has 4 N–H and O–H groups in total. The van der Waals surface area contributed by atoms with Crippen LogP contribution in [0.1, 0.15) is 12.5 Å². The lowest BCUT2D eigenvalue weighted by Gasteiger charge is -2.12. The van der Waals surface area contributed by atoms with Crippen LogP contribution in [0, 0.1) is 6.92 Å². The van der Waals surface area contributed by atoms with Crippen molar-refractivity contribution in [2.75, 3.05) is 15.4 Å². The Balaban J connectivity index is 1.54. The third kappa shape index (κ3) is 5.91. The number of rotatable bonds is 7. The van der Waals surface area contributed by atoms with Gasteiger partial charge in [-0.1, -0.05) is 23.7 Å². The van der Waals surface area contributed by atoms with E-state index in [0.717, 1.165) is 0 Å². The summed E-state index contributed by atoms with van der Waals surface area (Å²) in [7, 11) is -3.85. The quantitative estimate of drug-likeness (QED) is 0.272. The number of hydrogen-bond acceptors (Lipinski definition) is 6. The van der Waals surface area contributed by atoms with Gasteiger partial charge in [0, 0.05) is 40.1 Å². The third-order valence-electron chi connectivity index (χ3n) is 5.15. The normalized spacial score (nSPS) is 11.1. The molecule has 4 rings (SSSR count). The number of benzene rings is 3. The molecule has 36 heavy (non-hydrogen) atoms. The molecule has 0 saturated carbocycles. The van der Waals surface area contributed by atoms with E-state index in [9.17, 15) is 18.0 Å². The third-order valence-corrected chi connectivity index (χ3v) is 6.80. The molecule has 3 aromatic carbocycles. The van der Waals surface area contributed by atoms with Gasteiger partial charge in [0.05, 0.1) is 10.6 Å². The number of nitrogens with zero attached hydrogens (tertiary/aromatic N) is 1. The number of nitrogens with one attached hydrogen (secondary N) is 4. The van der Waals surface area contributed by atoms with Crippen molar-refractivity contribution in [3.05, 3.63) is 93.7 Å². The van der Waals surface area contributed by atoms with Crippen LogP contribution in [0.25, 0.3) is 11.3 Å². The topological polar surface area (TPSA) is 133 Å². The molecule has 0 saturated heterocycles. The molecule has 4 aromatic rings. The lowest BCUT2D eigenvalue weighted by Crippen LogP contribution is -2.15. The Hall–Kier alpha value is -4.15. The van der Waals surface area contributed by atoms with Crippen molar-refractivity contribution in [2.24, 2.45) is 0 Å². The molecule has 1 heterocycles. The van der Waals surface area contributed by atoms with Gasteiger partial charge in [0.25, 0.3) is 15.6 Å². The van der Waals surface area contributed by atoms with E-state index < -0.39 is 10.0 Å². The maximum Gasteiger partial charge on any atom is 0.261 e. The number of hydrogen-bond donors (Lipinski definition) is 4. The molecule has 1 aromatic heterocycles. The molecule has 0 aliphatic carbocycles. The smallest absolute Gasteiger partial charge is 0.261 e. The van der Waals surface area contributed by atoms with Gasteiger partial charge in [-0.3, -0.25) is 19.3 Å². The Morgan fingerprint density at radius 2 is 1.47 bits per heavy atom. The molecular weight excluding hydrogens is 502 g/mol. The zero-order valence-corrected chi connectivity index (χ0v) is 20.9. The summed E-state index contributed by atoms with van der Waals surface area (Å²) in [5.41, 5.74) is 2.75. The first kappa shape index (κ1) is 25.0. The van der Waals surface area contributed by atoms with Crippen LogP contribution in [0.3, 0.4) is 0 Å². The number of aromatic amines is 1. The van der Waals surface area contributed by atoms with Crippen LogP contribution >= 0.6 is 11.6 Å². The predicted octanol–water partition coefficient (Wildman–Crippen LogP) is 4.90. The molecule has 0 fully saturated rings. The van der Waals surface area contributed by atoms with E-state index in [1.165, 1.54) is 31.2 Å². The van der Waals surface area contributed by atoms with E-state index in [-0.39, 0.29) is 22.3 Å². The van der Waals surface area contributed by atoms with Crippen molar-refractivity contribution in [1.82, 2.24) is 9.97 Å². The summed E-state index contributed by atoms with van der Waals surface area (Å²) >= 11 is 5.92. The maximum absolute atomic E-state index is 12.8. The Labute approximate surface area is 212 Å². The monoisotopic (exact) mass is 523 g/mol. The van der Waals surface area contributed by atoms with E-state index in [2.05, 4.69) is 25.3 Å². The van der Waals surface area contributed by atoms with Gasteiger partial charge >= 0.3 is 0 Å². The highest BCUT2D eigenvalue weighted by Gasteiger charge is 2.15. The number of carbonyl (C=O) groups excluding carboxylic acids is 1. The summed E-state index contributed by atoms with van der Waals surface area (Å²) < 4.78 is 28.0. The number of anilines is 4. The van der Waals surface area contributed by atoms with Gasteiger partial charge in [-0.2, -0.15) is 0 Å². The van der Waals surface area contributed by atoms with Gasteiger partial charge in [0.2, 0.25) is 11.9 Å². The fourth-order valence-electron chi connectivity index (χ4n) is 3.37. The van der Waals surface area contributed by atoms with Crippen LogP contribution in [0.5, 0.6) is 0 Å². The average Bonchev–Trinajstić information content (AvgIpc) is 2.83. The first-order valence-electron chi connectivity index (χ1n) is 10.8. The Kier molecular flexibility index (Phi) is 7.09. The molecule has 0 bridgehead atoms. The fourth-order valence-corrected chi connectivity index (χ4v) is 4.56. The summed E-state index contributed by atoms with van der Waals surface area (Å²) in [4.78, 5) is 30.9. The minimum absolute atomic E-state index is 0.0469. The van der Waals surface area contributed by atoms with Gasteiger partial charge in [-0.25, -0.2) is 13.4 Å². The summed E-state index contributed by atoms with van der Waals surface area (Å²) in [6, 6.07) is 19.3. The summed E-state index contributed by atoms with van der Waals surface area (Å²) in [5, 5.41) is 6.22. The molecule has 0 atom stereocenters. The van der Waals surface area contributed by atoms with Crippen molar-refractivity contribution in [3.8, 4) is 11.3 Å². The van der Waals surface area contributed by atoms with Crippen molar-refractivity contribution >= 4 is 50.5 Å². The Bertz CT molecular complexity index is 1570. The second-order valence-electron chi connectivity index (χ2n) is 7.91. The molecule has 0 spiro atoms. The molecule has 0 radical (unpaired) electrons. The molecule has 184 valence electrons. The number of halogens is 1. The number of carbonyl (C=O) groups is 1. The van der Waals surface area contributed by atoms with Crippen LogP contribution in [0.4, 0.5) is 23.0 Å². The van der Waals surface area contributed by atoms with Crippen LogP contribution in [0.2, 0.25) is 5.02 Å². The molecule has 11 heteroatoms. The second kappa shape index (κ2) is 10.2. The highest BCUT2D eigenvalue weighted by Crippen LogP contribution is 2.25. The highest BCUT2D eigenvalue weighted by molar-refractivity contribution is 7.92. The van der Waals surface area contributed by atoms with Crippen LogP contribution in [-0.2, 0) is 14.8 Å². The minimum Gasteiger partial charge on any atom is -0.326 e. The fraction of sp³-hybridized carbons (Fsp3) is 0.0800.